The summed E-state index contributed by atoms with van der Waals surface area (Å²) < 4.78 is 28.6. The predicted octanol–water partition coefficient (Wildman–Crippen LogP) is 0.590. The van der Waals surface area contributed by atoms with Crippen LogP contribution in [-0.4, -0.2) is 60.6 Å². The number of aryl methyl sites for hydroxylation is 1. The topological polar surface area (TPSA) is 84.5 Å². The van der Waals surface area contributed by atoms with Crippen molar-refractivity contribution < 1.29 is 8.42 Å². The zero-order valence-corrected chi connectivity index (χ0v) is 13.8. The summed E-state index contributed by atoms with van der Waals surface area (Å²) in [7, 11) is 0.0570. The number of piperidine rings is 1. The molecular weight excluding hydrogens is 290 g/mol. The third-order valence-electron chi connectivity index (χ3n) is 3.98. The van der Waals surface area contributed by atoms with Crippen LogP contribution in [0.15, 0.2) is 11.1 Å². The fourth-order valence-corrected chi connectivity index (χ4v) is 4.18. The molecule has 8 heteroatoms. The fourth-order valence-electron chi connectivity index (χ4n) is 2.75. The van der Waals surface area contributed by atoms with E-state index in [4.69, 9.17) is 5.73 Å². The lowest BCUT2D eigenvalue weighted by Gasteiger charge is -2.34. The molecule has 2 N–H and O–H groups in total. The third kappa shape index (κ3) is 3.38. The molecule has 1 aromatic rings. The second kappa shape index (κ2) is 6.33. The monoisotopic (exact) mass is 315 g/mol. The van der Waals surface area contributed by atoms with Crippen molar-refractivity contribution in [1.82, 2.24) is 19.0 Å². The Bertz CT molecular complexity index is 583. The summed E-state index contributed by atoms with van der Waals surface area (Å²) in [4.78, 5) is 2.27. The number of nitrogen functional groups attached to an aromatic ring is 1. The quantitative estimate of drug-likeness (QED) is 0.859. The molecule has 0 spiro atoms. The second-order valence-electron chi connectivity index (χ2n) is 5.72. The number of hydrogen-bond donors (Lipinski definition) is 1. The molecule has 21 heavy (non-hydrogen) atoms. The first-order valence-electron chi connectivity index (χ1n) is 7.35. The molecule has 0 aromatic carbocycles. The summed E-state index contributed by atoms with van der Waals surface area (Å²) in [5.41, 5.74) is 5.80. The summed E-state index contributed by atoms with van der Waals surface area (Å²) in [6.45, 7) is 4.44. The van der Waals surface area contributed by atoms with E-state index in [2.05, 4.69) is 10.00 Å². The molecule has 2 rings (SSSR count). The average molecular weight is 315 g/mol. The first kappa shape index (κ1) is 16.3. The van der Waals surface area contributed by atoms with Gasteiger partial charge >= 0.3 is 0 Å². The maximum absolute atomic E-state index is 12.8. The number of hydrogen-bond acceptors (Lipinski definition) is 5. The van der Waals surface area contributed by atoms with Crippen molar-refractivity contribution in [3.05, 3.63) is 6.20 Å². The molecule has 0 saturated carbocycles. The Morgan fingerprint density at radius 2 is 2.24 bits per heavy atom. The standard InChI is InChI=1S/C13H25N5O2S/c1-4-7-18-10-12(13(14)15-18)21(19,20)17(3)11-6-5-8-16(2)9-11/h10-11H,4-9H2,1-3H3,(H2,14,15). The number of likely N-dealkylation sites (tertiary alicyclic amines) is 1. The SMILES string of the molecule is CCCn1cc(S(=O)(=O)N(C)C2CCCN(C)C2)c(N)n1. The number of sulfonamides is 1. The number of nitrogens with two attached hydrogens (primary N) is 1. The minimum absolute atomic E-state index is 0.0114. The molecule has 1 unspecified atom stereocenters. The van der Waals surface area contributed by atoms with Crippen molar-refractivity contribution in [1.29, 1.82) is 0 Å². The van der Waals surface area contributed by atoms with Crippen LogP contribution in [0, 0.1) is 0 Å². The number of nitrogens with zero attached hydrogens (tertiary/aromatic N) is 4. The van der Waals surface area contributed by atoms with Crippen molar-refractivity contribution in [3.63, 3.8) is 0 Å². The van der Waals surface area contributed by atoms with Crippen molar-refractivity contribution in [2.75, 3.05) is 32.9 Å². The van der Waals surface area contributed by atoms with Gasteiger partial charge in [0, 0.05) is 32.4 Å². The van der Waals surface area contributed by atoms with Gasteiger partial charge < -0.3 is 10.6 Å². The van der Waals surface area contributed by atoms with E-state index >= 15 is 0 Å². The van der Waals surface area contributed by atoms with E-state index in [1.807, 2.05) is 14.0 Å². The predicted molar refractivity (Wildman–Crippen MR) is 82.4 cm³/mol. The van der Waals surface area contributed by atoms with Gasteiger partial charge in [-0.05, 0) is 32.9 Å². The van der Waals surface area contributed by atoms with Crippen molar-refractivity contribution in [2.45, 2.75) is 43.7 Å². The third-order valence-corrected chi connectivity index (χ3v) is 5.91. The Hall–Kier alpha value is -1.12. The van der Waals surface area contributed by atoms with Gasteiger partial charge in [-0.15, -0.1) is 0 Å². The molecule has 1 aliphatic heterocycles. The Labute approximate surface area is 126 Å². The average Bonchev–Trinajstić information content (AvgIpc) is 2.80. The number of likely N-dealkylation sites (N-methyl/N-ethyl adjacent to an activating group) is 2. The molecule has 1 atom stereocenters. The molecule has 7 nitrogen and oxygen atoms in total. The highest BCUT2D eigenvalue weighted by Gasteiger charge is 2.33. The van der Waals surface area contributed by atoms with Crippen molar-refractivity contribution in [2.24, 2.45) is 0 Å². The van der Waals surface area contributed by atoms with Crippen molar-refractivity contribution >= 4 is 15.8 Å². The maximum Gasteiger partial charge on any atom is 0.248 e. The molecular formula is C13H25N5O2S. The smallest absolute Gasteiger partial charge is 0.248 e. The summed E-state index contributed by atoms with van der Waals surface area (Å²) in [5.74, 6) is 0.0828. The van der Waals surface area contributed by atoms with Crippen LogP contribution in [0.4, 0.5) is 5.82 Å². The molecule has 1 aromatic heterocycles. The second-order valence-corrected chi connectivity index (χ2v) is 7.69. The van der Waals surface area contributed by atoms with Crippen LogP contribution in [0.2, 0.25) is 0 Å². The highest BCUT2D eigenvalue weighted by atomic mass is 32.2. The Balaban J connectivity index is 2.24. The molecule has 0 radical (unpaired) electrons. The van der Waals surface area contributed by atoms with Gasteiger partial charge in [-0.3, -0.25) is 4.68 Å². The lowest BCUT2D eigenvalue weighted by atomic mass is 10.1. The van der Waals surface area contributed by atoms with Crippen molar-refractivity contribution in [3.8, 4) is 0 Å². The molecule has 0 bridgehead atoms. The van der Waals surface area contributed by atoms with Crippen LogP contribution in [-0.2, 0) is 16.6 Å². The van der Waals surface area contributed by atoms with Gasteiger partial charge in [0.1, 0.15) is 4.90 Å². The summed E-state index contributed by atoms with van der Waals surface area (Å²) >= 11 is 0. The summed E-state index contributed by atoms with van der Waals surface area (Å²) in [5, 5.41) is 4.09. The molecule has 120 valence electrons. The number of aromatic nitrogens is 2. The van der Waals surface area contributed by atoms with Gasteiger partial charge in [-0.1, -0.05) is 6.92 Å². The molecule has 1 aliphatic rings. The lowest BCUT2D eigenvalue weighted by molar-refractivity contribution is 0.187. The normalized spacial score (nSPS) is 21.0. The van der Waals surface area contributed by atoms with Crippen LogP contribution in [0.3, 0.4) is 0 Å². The van der Waals surface area contributed by atoms with Gasteiger partial charge in [0.25, 0.3) is 0 Å². The van der Waals surface area contributed by atoms with Gasteiger partial charge in [0.15, 0.2) is 5.82 Å². The van der Waals surface area contributed by atoms with E-state index in [1.165, 1.54) is 10.5 Å². The van der Waals surface area contributed by atoms with E-state index in [0.717, 1.165) is 32.4 Å². The first-order valence-corrected chi connectivity index (χ1v) is 8.79. The van der Waals surface area contributed by atoms with Crippen LogP contribution in [0.5, 0.6) is 0 Å². The van der Waals surface area contributed by atoms with Crippen LogP contribution in [0.1, 0.15) is 26.2 Å². The van der Waals surface area contributed by atoms with Crippen LogP contribution in [0.25, 0.3) is 0 Å². The first-order chi connectivity index (χ1) is 9.86. The molecule has 2 heterocycles. The Morgan fingerprint density at radius 3 is 2.86 bits per heavy atom. The zero-order valence-electron chi connectivity index (χ0n) is 13.0. The van der Waals surface area contributed by atoms with Gasteiger partial charge in [0.2, 0.25) is 10.0 Å². The highest BCUT2D eigenvalue weighted by molar-refractivity contribution is 7.89. The largest absolute Gasteiger partial charge is 0.381 e. The highest BCUT2D eigenvalue weighted by Crippen LogP contribution is 2.24. The Morgan fingerprint density at radius 1 is 1.52 bits per heavy atom. The number of anilines is 1. The zero-order chi connectivity index (χ0) is 15.6. The van der Waals surface area contributed by atoms with E-state index in [-0.39, 0.29) is 16.8 Å². The minimum Gasteiger partial charge on any atom is -0.381 e. The van der Waals surface area contributed by atoms with E-state index in [1.54, 1.807) is 11.7 Å². The maximum atomic E-state index is 12.8. The van der Waals surface area contributed by atoms with Gasteiger partial charge in [-0.2, -0.15) is 9.40 Å². The van der Waals surface area contributed by atoms with Gasteiger partial charge in [-0.25, -0.2) is 8.42 Å². The molecule has 0 amide bonds. The lowest BCUT2D eigenvalue weighted by Crippen LogP contribution is -2.47. The fraction of sp³-hybridized carbons (Fsp3) is 0.769. The Kier molecular flexibility index (Phi) is 4.90. The summed E-state index contributed by atoms with van der Waals surface area (Å²) in [6, 6.07) is -0.0114. The van der Waals surface area contributed by atoms with Gasteiger partial charge in [0.05, 0.1) is 0 Å². The van der Waals surface area contributed by atoms with Crippen LogP contribution < -0.4 is 5.73 Å². The molecule has 0 aliphatic carbocycles. The minimum atomic E-state index is -3.59. The van der Waals surface area contributed by atoms with E-state index in [0.29, 0.717) is 6.54 Å². The van der Waals surface area contributed by atoms with E-state index in [9.17, 15) is 8.42 Å². The molecule has 1 saturated heterocycles. The van der Waals surface area contributed by atoms with E-state index < -0.39 is 10.0 Å². The summed E-state index contributed by atoms with van der Waals surface area (Å²) in [6.07, 6.45) is 4.30. The van der Waals surface area contributed by atoms with Crippen LogP contribution >= 0.6 is 0 Å². The number of rotatable bonds is 5. The molecule has 1 fully saturated rings.